The van der Waals surface area contributed by atoms with Crippen molar-refractivity contribution in [3.63, 3.8) is 0 Å². The van der Waals surface area contributed by atoms with E-state index in [1.165, 1.54) is 0 Å². The van der Waals surface area contributed by atoms with Crippen molar-refractivity contribution in [3.05, 3.63) is 88.0 Å². The van der Waals surface area contributed by atoms with Crippen molar-refractivity contribution >= 4 is 29.3 Å². The predicted octanol–water partition coefficient (Wildman–Crippen LogP) is 8.45. The molecule has 0 spiro atoms. The number of amides is 1. The zero-order valence-corrected chi connectivity index (χ0v) is 27.8. The zero-order valence-electron chi connectivity index (χ0n) is 27.1. The molecule has 2 saturated heterocycles. The van der Waals surface area contributed by atoms with E-state index in [2.05, 4.69) is 40.7 Å². The standard InChI is InChI=1S/C36H44ClN5O3/c1-35(2,3)45-34(43)42-19-14-26(15-20-42)25-12-17-41(18-13-25)33-39-16-11-30(40-33)24-44-32-9-7-27(8-10-32)36(4,5)28-21-29(37)23-31(22-28)38-6/h7-11,16,21-23,25-26H,12-15,17-20,24H2,1-5H3. The summed E-state index contributed by atoms with van der Waals surface area (Å²) in [6.45, 7) is 21.1. The summed E-state index contributed by atoms with van der Waals surface area (Å²) in [6, 6.07) is 15.5. The monoisotopic (exact) mass is 629 g/mol. The lowest BCUT2D eigenvalue weighted by Gasteiger charge is -2.40. The fourth-order valence-corrected chi connectivity index (χ4v) is 6.59. The summed E-state index contributed by atoms with van der Waals surface area (Å²) in [6.07, 6.45) is 5.91. The molecule has 45 heavy (non-hydrogen) atoms. The Bertz CT molecular complexity index is 1510. The quantitative estimate of drug-likeness (QED) is 0.244. The molecular weight excluding hydrogens is 586 g/mol. The first-order valence-electron chi connectivity index (χ1n) is 15.9. The summed E-state index contributed by atoms with van der Waals surface area (Å²) in [5.74, 6) is 2.83. The highest BCUT2D eigenvalue weighted by Gasteiger charge is 2.33. The topological polar surface area (TPSA) is 72.2 Å². The van der Waals surface area contributed by atoms with Gasteiger partial charge in [-0.25, -0.2) is 19.6 Å². The Morgan fingerprint density at radius 1 is 0.933 bits per heavy atom. The van der Waals surface area contributed by atoms with Gasteiger partial charge in [0.15, 0.2) is 5.69 Å². The number of carbonyl (C=O) groups excluding carboxylic acids is 1. The van der Waals surface area contributed by atoms with E-state index in [-0.39, 0.29) is 11.5 Å². The van der Waals surface area contributed by atoms with Gasteiger partial charge in [-0.3, -0.25) is 0 Å². The number of halogens is 1. The normalized spacial score (nSPS) is 16.7. The smallest absolute Gasteiger partial charge is 0.410 e. The number of nitrogens with zero attached hydrogens (tertiary/aromatic N) is 5. The molecule has 8 nitrogen and oxygen atoms in total. The summed E-state index contributed by atoms with van der Waals surface area (Å²) in [5, 5.41) is 0.567. The molecule has 2 aliphatic rings. The fraction of sp³-hybridized carbons (Fsp3) is 0.500. The second-order valence-electron chi connectivity index (χ2n) is 13.7. The third-order valence-corrected chi connectivity index (χ3v) is 9.30. The van der Waals surface area contributed by atoms with Crippen molar-refractivity contribution in [1.82, 2.24) is 14.9 Å². The number of hydrogen-bond acceptors (Lipinski definition) is 6. The van der Waals surface area contributed by atoms with E-state index in [0.717, 1.165) is 80.4 Å². The molecule has 1 amide bonds. The van der Waals surface area contributed by atoms with Gasteiger partial charge in [-0.05, 0) is 99.7 Å². The Hall–Kier alpha value is -3.83. The van der Waals surface area contributed by atoms with Gasteiger partial charge in [0.1, 0.15) is 18.0 Å². The van der Waals surface area contributed by atoms with Crippen LogP contribution in [0.15, 0.2) is 54.7 Å². The van der Waals surface area contributed by atoms with Crippen LogP contribution in [-0.2, 0) is 16.8 Å². The molecule has 5 rings (SSSR count). The van der Waals surface area contributed by atoms with Crippen LogP contribution < -0.4 is 9.64 Å². The van der Waals surface area contributed by atoms with Gasteiger partial charge in [-0.15, -0.1) is 0 Å². The highest BCUT2D eigenvalue weighted by molar-refractivity contribution is 6.31. The number of rotatable bonds is 7. The summed E-state index contributed by atoms with van der Waals surface area (Å²) in [5.41, 5.74) is 2.70. The van der Waals surface area contributed by atoms with E-state index in [1.54, 1.807) is 6.07 Å². The number of ether oxygens (including phenoxy) is 2. The fourth-order valence-electron chi connectivity index (χ4n) is 6.36. The molecule has 0 unspecified atom stereocenters. The van der Waals surface area contributed by atoms with E-state index in [0.29, 0.717) is 29.2 Å². The van der Waals surface area contributed by atoms with E-state index in [1.807, 2.05) is 62.2 Å². The first kappa shape index (κ1) is 32.6. The molecule has 9 heteroatoms. The van der Waals surface area contributed by atoms with Crippen molar-refractivity contribution in [2.24, 2.45) is 11.8 Å². The molecular formula is C36H44ClN5O3. The maximum absolute atomic E-state index is 12.4. The Morgan fingerprint density at radius 2 is 1.58 bits per heavy atom. The first-order valence-corrected chi connectivity index (χ1v) is 16.3. The van der Waals surface area contributed by atoms with Crippen LogP contribution in [-0.4, -0.2) is 52.7 Å². The summed E-state index contributed by atoms with van der Waals surface area (Å²) in [4.78, 5) is 29.5. The summed E-state index contributed by atoms with van der Waals surface area (Å²) < 4.78 is 11.7. The Balaban J connectivity index is 1.11. The van der Waals surface area contributed by atoms with Gasteiger partial charge in [-0.2, -0.15) is 0 Å². The largest absolute Gasteiger partial charge is 0.487 e. The highest BCUT2D eigenvalue weighted by Crippen LogP contribution is 2.37. The van der Waals surface area contributed by atoms with Crippen LogP contribution >= 0.6 is 11.6 Å². The van der Waals surface area contributed by atoms with E-state index < -0.39 is 5.60 Å². The van der Waals surface area contributed by atoms with Crippen molar-refractivity contribution in [3.8, 4) is 5.75 Å². The van der Waals surface area contributed by atoms with Crippen LogP contribution in [0.25, 0.3) is 4.85 Å². The Morgan fingerprint density at radius 3 is 2.20 bits per heavy atom. The van der Waals surface area contributed by atoms with E-state index >= 15 is 0 Å². The van der Waals surface area contributed by atoms with Crippen molar-refractivity contribution in [2.75, 3.05) is 31.1 Å². The molecule has 0 saturated carbocycles. The molecule has 0 radical (unpaired) electrons. The SMILES string of the molecule is [C-]#[N+]c1cc(Cl)cc(C(C)(C)c2ccc(OCc3ccnc(N4CCC(C5CCN(C(=O)OC(C)(C)C)CC5)CC4)n3)cc2)c1. The van der Waals surface area contributed by atoms with E-state index in [4.69, 9.17) is 32.6 Å². The molecule has 0 atom stereocenters. The van der Waals surface area contributed by atoms with E-state index in [9.17, 15) is 4.79 Å². The number of benzene rings is 2. The lowest BCUT2D eigenvalue weighted by molar-refractivity contribution is 0.0152. The lowest BCUT2D eigenvalue weighted by atomic mass is 9.78. The Kier molecular flexibility index (Phi) is 9.88. The molecule has 3 heterocycles. The highest BCUT2D eigenvalue weighted by atomic mass is 35.5. The first-order chi connectivity index (χ1) is 21.4. The number of carbonyl (C=O) groups is 1. The van der Waals surface area contributed by atoms with Crippen molar-refractivity contribution in [1.29, 1.82) is 0 Å². The predicted molar refractivity (Wildman–Crippen MR) is 178 cm³/mol. The number of anilines is 1. The minimum Gasteiger partial charge on any atom is -0.487 e. The second kappa shape index (κ2) is 13.7. The van der Waals surface area contributed by atoms with Crippen molar-refractivity contribution < 1.29 is 14.3 Å². The summed E-state index contributed by atoms with van der Waals surface area (Å²) in [7, 11) is 0. The van der Waals surface area contributed by atoms with Gasteiger partial charge in [0.2, 0.25) is 5.95 Å². The average Bonchev–Trinajstić information content (AvgIpc) is 3.03. The lowest BCUT2D eigenvalue weighted by Crippen LogP contribution is -2.44. The van der Waals surface area contributed by atoms with Crippen molar-refractivity contribution in [2.45, 2.75) is 77.9 Å². The molecule has 2 aliphatic heterocycles. The molecule has 3 aromatic rings. The molecule has 238 valence electrons. The molecule has 2 fully saturated rings. The third kappa shape index (κ3) is 8.26. The van der Waals surface area contributed by atoms with Gasteiger partial charge < -0.3 is 19.3 Å². The van der Waals surface area contributed by atoms with Gasteiger partial charge in [-0.1, -0.05) is 43.6 Å². The van der Waals surface area contributed by atoms with Crippen LogP contribution in [0.5, 0.6) is 5.75 Å². The molecule has 0 N–H and O–H groups in total. The maximum atomic E-state index is 12.4. The minimum atomic E-state index is -0.458. The van der Waals surface area contributed by atoms with Gasteiger partial charge >= 0.3 is 6.09 Å². The molecule has 2 aromatic carbocycles. The third-order valence-electron chi connectivity index (χ3n) is 9.08. The number of hydrogen-bond donors (Lipinski definition) is 0. The van der Waals surface area contributed by atoms with Crippen LogP contribution in [0, 0.1) is 18.4 Å². The van der Waals surface area contributed by atoms with Gasteiger partial charge in [0.05, 0.1) is 12.3 Å². The van der Waals surface area contributed by atoms with Crippen LogP contribution in [0.3, 0.4) is 0 Å². The number of likely N-dealkylation sites (tertiary alicyclic amines) is 1. The van der Waals surface area contributed by atoms with Crippen LogP contribution in [0.2, 0.25) is 5.02 Å². The molecule has 1 aromatic heterocycles. The number of piperidine rings is 2. The maximum Gasteiger partial charge on any atom is 0.410 e. The minimum absolute atomic E-state index is 0.191. The van der Waals surface area contributed by atoms with Crippen LogP contribution in [0.1, 0.15) is 77.1 Å². The summed E-state index contributed by atoms with van der Waals surface area (Å²) >= 11 is 6.28. The zero-order chi connectivity index (χ0) is 32.2. The van der Waals surface area contributed by atoms with Gasteiger partial charge in [0, 0.05) is 42.8 Å². The number of aromatic nitrogens is 2. The Labute approximate surface area is 272 Å². The molecule has 0 aliphatic carbocycles. The van der Waals surface area contributed by atoms with Gasteiger partial charge in [0.25, 0.3) is 0 Å². The van der Waals surface area contributed by atoms with Crippen LogP contribution in [0.4, 0.5) is 16.4 Å². The second-order valence-corrected chi connectivity index (χ2v) is 14.2. The molecule has 0 bridgehead atoms. The average molecular weight is 630 g/mol.